The Labute approximate surface area is 46.9 Å². The summed E-state index contributed by atoms with van der Waals surface area (Å²) in [6, 6.07) is 0. The van der Waals surface area contributed by atoms with Crippen molar-refractivity contribution in [3.63, 3.8) is 0 Å². The van der Waals surface area contributed by atoms with E-state index in [0.717, 1.165) is 0 Å². The molecule has 4 heavy (non-hydrogen) atoms. The van der Waals surface area contributed by atoms with E-state index in [1.165, 1.54) is 0 Å². The molecule has 0 heterocycles. The van der Waals surface area contributed by atoms with E-state index < -0.39 is 0 Å². The first-order valence-electron chi connectivity index (χ1n) is 1.27. The quantitative estimate of drug-likeness (QED) is 0.586. The van der Waals surface area contributed by atoms with Gasteiger partial charge >= 0.3 is 33.1 Å². The predicted molar refractivity (Wildman–Crippen MR) is 17.2 cm³/mol. The van der Waals surface area contributed by atoms with Crippen molar-refractivity contribution < 1.29 is 24.9 Å². The van der Waals surface area contributed by atoms with Crippen molar-refractivity contribution in [2.75, 3.05) is 0 Å². The molecule has 0 aromatic carbocycles. The number of rotatable bonds is 0. The van der Waals surface area contributed by atoms with Crippen molar-refractivity contribution in [1.82, 2.24) is 0 Å². The molecule has 23 valence electrons. The number of hydrogen-bond donors (Lipinski definition) is 0. The molecule has 0 nitrogen and oxygen atoms in total. The molecule has 0 aliphatic rings. The van der Waals surface area contributed by atoms with E-state index in [4.69, 9.17) is 8.25 Å². The van der Waals surface area contributed by atoms with E-state index in [1.807, 2.05) is 13.8 Å². The van der Waals surface area contributed by atoms with Crippen LogP contribution in [0.3, 0.4) is 0 Å². The number of halogens is 1. The molecule has 0 fully saturated rings. The van der Waals surface area contributed by atoms with Crippen LogP contribution < -0.4 is 0 Å². The summed E-state index contributed by atoms with van der Waals surface area (Å²) in [5, 5.41) is 0. The third-order valence-electron chi connectivity index (χ3n) is 0. The summed E-state index contributed by atoms with van der Waals surface area (Å²) < 4.78 is 0. The molecule has 0 saturated carbocycles. The Balaban J connectivity index is 0. The fourth-order valence-corrected chi connectivity index (χ4v) is 0. The topological polar surface area (TPSA) is 0 Å². The first kappa shape index (κ1) is 8.97. The number of hydrogen-bond acceptors (Lipinski definition) is 0. The van der Waals surface area contributed by atoms with Crippen LogP contribution in [0.25, 0.3) is 0 Å². The van der Waals surface area contributed by atoms with Gasteiger partial charge in [-0.25, -0.2) is 0 Å². The minimum atomic E-state index is 0.500. The molecular weight excluding hydrogens is 260 g/mol. The zero-order valence-electron chi connectivity index (χ0n) is 3.09. The maximum absolute atomic E-state index is 4.83. The van der Waals surface area contributed by atoms with Gasteiger partial charge < -0.3 is 0 Å². The van der Waals surface area contributed by atoms with Gasteiger partial charge in [0.1, 0.15) is 0 Å². The van der Waals surface area contributed by atoms with Crippen molar-refractivity contribution in [2.45, 2.75) is 13.8 Å². The summed E-state index contributed by atoms with van der Waals surface area (Å²) in [4.78, 5) is 0. The van der Waals surface area contributed by atoms with Gasteiger partial charge in [-0.3, -0.25) is 0 Å². The van der Waals surface area contributed by atoms with Gasteiger partial charge in [-0.15, -0.1) is 0 Å². The summed E-state index contributed by atoms with van der Waals surface area (Å²) in [5.74, 6) is 0. The fraction of sp³-hybridized carbons (Fsp3) is 1.00. The molecule has 0 unspecified atom stereocenters. The molecule has 2 heteroatoms. The van der Waals surface area contributed by atoms with Gasteiger partial charge in [0.25, 0.3) is 0 Å². The summed E-state index contributed by atoms with van der Waals surface area (Å²) in [5.41, 5.74) is 0. The van der Waals surface area contributed by atoms with Crippen LogP contribution in [0.2, 0.25) is 0 Å². The summed E-state index contributed by atoms with van der Waals surface area (Å²) >= 11 is 0.500. The third kappa shape index (κ3) is 10.6. The Bertz CT molecular complexity index is 6.00. The first-order chi connectivity index (χ1) is 2.00. The van der Waals surface area contributed by atoms with Crippen LogP contribution in [0, 0.1) is 0 Å². The van der Waals surface area contributed by atoms with Crippen molar-refractivity contribution in [3.05, 3.63) is 0 Å². The summed E-state index contributed by atoms with van der Waals surface area (Å²) in [7, 11) is 4.83. The maximum atomic E-state index is 4.83. The fourth-order valence-electron chi connectivity index (χ4n) is 0. The summed E-state index contributed by atoms with van der Waals surface area (Å²) in [6.07, 6.45) is 0. The van der Waals surface area contributed by atoms with Crippen LogP contribution in [0.1, 0.15) is 13.8 Å². The standard InChI is InChI=1S/C2H6.ClH.Hg/c1-2;;/h1-2H3;1H;/q;;+1/p-1. The van der Waals surface area contributed by atoms with Crippen LogP contribution >= 0.6 is 8.25 Å². The molecular formula is C2H6ClHg. The molecule has 0 aromatic heterocycles. The molecule has 0 aromatic rings. The van der Waals surface area contributed by atoms with E-state index in [-0.39, 0.29) is 0 Å². The van der Waals surface area contributed by atoms with Crippen molar-refractivity contribution >= 4 is 8.25 Å². The van der Waals surface area contributed by atoms with Crippen LogP contribution in [-0.4, -0.2) is 0 Å². The molecule has 0 bridgehead atoms. The normalized spacial score (nSPS) is 3.25. The molecule has 0 aliphatic heterocycles. The summed E-state index contributed by atoms with van der Waals surface area (Å²) in [6.45, 7) is 4.00. The Morgan fingerprint density at radius 1 is 1.25 bits per heavy atom. The molecule has 0 saturated heterocycles. The van der Waals surface area contributed by atoms with Crippen LogP contribution in [-0.2, 0) is 24.9 Å². The Kier molecular flexibility index (Phi) is 65.6. The molecule has 0 atom stereocenters. The SMILES string of the molecule is CC.[Cl][Hg]. The van der Waals surface area contributed by atoms with Gasteiger partial charge in [0.05, 0.1) is 0 Å². The second kappa shape index (κ2) is 29.3. The monoisotopic (exact) mass is 267 g/mol. The van der Waals surface area contributed by atoms with Gasteiger partial charge in [-0.05, 0) is 0 Å². The Hall–Kier alpha value is 1.23. The van der Waals surface area contributed by atoms with Gasteiger partial charge in [0, 0.05) is 0 Å². The predicted octanol–water partition coefficient (Wildman–Crippen LogP) is 1.71. The Morgan fingerprint density at radius 3 is 1.25 bits per heavy atom. The molecule has 0 amide bonds. The first-order valence-corrected chi connectivity index (χ1v) is 8.04. The molecule has 0 aliphatic carbocycles. The van der Waals surface area contributed by atoms with Crippen molar-refractivity contribution in [3.8, 4) is 0 Å². The van der Waals surface area contributed by atoms with Gasteiger partial charge in [0.15, 0.2) is 0 Å². The zero-order chi connectivity index (χ0) is 4.00. The molecule has 0 rings (SSSR count). The average Bonchev–Trinajstić information content (AvgIpc) is 1.50. The zero-order valence-corrected chi connectivity index (χ0v) is 9.34. The third-order valence-corrected chi connectivity index (χ3v) is 0. The minimum absolute atomic E-state index is 0.500. The molecule has 0 radical (unpaired) electrons. The van der Waals surface area contributed by atoms with E-state index in [9.17, 15) is 0 Å². The van der Waals surface area contributed by atoms with E-state index in [0.29, 0.717) is 24.9 Å². The second-order valence-electron chi connectivity index (χ2n) is 0. The van der Waals surface area contributed by atoms with Crippen molar-refractivity contribution in [1.29, 1.82) is 0 Å². The van der Waals surface area contributed by atoms with Crippen LogP contribution in [0.5, 0.6) is 0 Å². The molecule has 0 N–H and O–H groups in total. The van der Waals surface area contributed by atoms with Gasteiger partial charge in [0.2, 0.25) is 0 Å². The van der Waals surface area contributed by atoms with E-state index >= 15 is 0 Å². The average molecular weight is 266 g/mol. The second-order valence-corrected chi connectivity index (χ2v) is 0. The van der Waals surface area contributed by atoms with Gasteiger partial charge in [-0.2, -0.15) is 0 Å². The van der Waals surface area contributed by atoms with E-state index in [2.05, 4.69) is 0 Å². The Morgan fingerprint density at radius 2 is 1.25 bits per heavy atom. The van der Waals surface area contributed by atoms with E-state index in [1.54, 1.807) is 0 Å². The van der Waals surface area contributed by atoms with Gasteiger partial charge in [-0.1, -0.05) is 13.8 Å². The molecule has 0 spiro atoms. The van der Waals surface area contributed by atoms with Crippen LogP contribution in [0.4, 0.5) is 0 Å². The van der Waals surface area contributed by atoms with Crippen LogP contribution in [0.15, 0.2) is 0 Å². The van der Waals surface area contributed by atoms with Crippen molar-refractivity contribution in [2.24, 2.45) is 0 Å².